The largest absolute Gasteiger partial charge is 0.355 e. The van der Waals surface area contributed by atoms with Crippen LogP contribution in [0.2, 0.25) is 5.02 Å². The van der Waals surface area contributed by atoms with Gasteiger partial charge in [0.2, 0.25) is 5.91 Å². The van der Waals surface area contributed by atoms with E-state index in [1.54, 1.807) is 17.3 Å². The summed E-state index contributed by atoms with van der Waals surface area (Å²) < 4.78 is 0. The number of halogens is 1. The second-order valence-corrected chi connectivity index (χ2v) is 8.83. The lowest BCUT2D eigenvalue weighted by Crippen LogP contribution is -2.40. The van der Waals surface area contributed by atoms with E-state index in [1.807, 2.05) is 30.3 Å². The van der Waals surface area contributed by atoms with Gasteiger partial charge >= 0.3 is 0 Å². The Labute approximate surface area is 191 Å². The van der Waals surface area contributed by atoms with Gasteiger partial charge in [-0.3, -0.25) is 14.7 Å². The fourth-order valence-corrected chi connectivity index (χ4v) is 4.80. The fraction of sp³-hybridized carbons (Fsp3) is 0.375. The summed E-state index contributed by atoms with van der Waals surface area (Å²) in [4.78, 5) is 31.0. The third kappa shape index (κ3) is 3.98. The molecular weight excluding hydrogens is 424 g/mol. The minimum absolute atomic E-state index is 0.0195. The first kappa shape index (κ1) is 20.7. The molecule has 0 aliphatic carbocycles. The average molecular weight is 447 g/mol. The number of pyridine rings is 1. The maximum atomic E-state index is 13.1. The van der Waals surface area contributed by atoms with Gasteiger partial charge in [0, 0.05) is 60.7 Å². The number of rotatable bonds is 3. The maximum absolute atomic E-state index is 13.1. The van der Waals surface area contributed by atoms with Crippen LogP contribution in [-0.4, -0.2) is 40.5 Å². The van der Waals surface area contributed by atoms with Crippen LogP contribution < -0.4 is 9.80 Å². The molecule has 162 valence electrons. The highest BCUT2D eigenvalue weighted by Gasteiger charge is 2.32. The SMILES string of the molecule is N#CC1CCN(c2nccnc2C2CCN(c3ccc4ccc(Cl)cc4n3)C(=O)C2)CC1. The number of nitriles is 1. The first-order chi connectivity index (χ1) is 15.6. The van der Waals surface area contributed by atoms with E-state index < -0.39 is 0 Å². The second-order valence-electron chi connectivity index (χ2n) is 8.40. The van der Waals surface area contributed by atoms with Crippen LogP contribution in [0.15, 0.2) is 42.7 Å². The Morgan fingerprint density at radius 2 is 1.81 bits per heavy atom. The van der Waals surface area contributed by atoms with Crippen molar-refractivity contribution in [3.8, 4) is 6.07 Å². The number of amides is 1. The van der Waals surface area contributed by atoms with Gasteiger partial charge in [-0.05, 0) is 43.5 Å². The lowest BCUT2D eigenvalue weighted by molar-refractivity contribution is -0.120. The molecule has 0 bridgehead atoms. The molecule has 3 aromatic rings. The van der Waals surface area contributed by atoms with E-state index in [9.17, 15) is 10.1 Å². The van der Waals surface area contributed by atoms with Crippen LogP contribution in [0.4, 0.5) is 11.6 Å². The van der Waals surface area contributed by atoms with Gasteiger partial charge in [-0.15, -0.1) is 0 Å². The Balaban J connectivity index is 1.34. The number of carbonyl (C=O) groups excluding carboxylic acids is 1. The molecular formula is C24H23ClN6O. The van der Waals surface area contributed by atoms with E-state index in [1.165, 1.54) is 0 Å². The number of fused-ring (bicyclic) bond motifs is 1. The molecule has 7 nitrogen and oxygen atoms in total. The molecule has 1 unspecified atom stereocenters. The van der Waals surface area contributed by atoms with Crippen molar-refractivity contribution in [3.05, 3.63) is 53.4 Å². The Bertz CT molecular complexity index is 1200. The summed E-state index contributed by atoms with van der Waals surface area (Å²) >= 11 is 6.11. The van der Waals surface area contributed by atoms with E-state index in [0.29, 0.717) is 23.8 Å². The normalized spacial score (nSPS) is 19.9. The van der Waals surface area contributed by atoms with Gasteiger partial charge in [0.1, 0.15) is 5.82 Å². The standard InChI is InChI=1S/C24H23ClN6O/c25-19-3-1-17-2-4-21(29-20(17)14-19)31-12-7-18(13-22(31)32)23-24(28-9-8-27-23)30-10-5-16(15-26)6-11-30/h1-4,8-9,14,16,18H,5-7,10-13H2. The monoisotopic (exact) mass is 446 g/mol. The van der Waals surface area contributed by atoms with Gasteiger partial charge in [0.05, 0.1) is 17.3 Å². The van der Waals surface area contributed by atoms with Crippen molar-refractivity contribution in [3.63, 3.8) is 0 Å². The molecule has 4 heterocycles. The second kappa shape index (κ2) is 8.71. The maximum Gasteiger partial charge on any atom is 0.228 e. The Morgan fingerprint density at radius 1 is 1.03 bits per heavy atom. The van der Waals surface area contributed by atoms with E-state index in [-0.39, 0.29) is 17.7 Å². The number of hydrogen-bond donors (Lipinski definition) is 0. The number of aromatic nitrogens is 3. The molecule has 32 heavy (non-hydrogen) atoms. The van der Waals surface area contributed by atoms with Crippen molar-refractivity contribution in [1.82, 2.24) is 15.0 Å². The van der Waals surface area contributed by atoms with Gasteiger partial charge in [-0.25, -0.2) is 9.97 Å². The Morgan fingerprint density at radius 3 is 2.59 bits per heavy atom. The molecule has 1 amide bonds. The zero-order valence-corrected chi connectivity index (χ0v) is 18.4. The first-order valence-electron chi connectivity index (χ1n) is 10.9. The third-order valence-electron chi connectivity index (χ3n) is 6.41. The molecule has 0 saturated carbocycles. The van der Waals surface area contributed by atoms with Crippen LogP contribution in [0.5, 0.6) is 0 Å². The van der Waals surface area contributed by atoms with Crippen LogP contribution in [-0.2, 0) is 4.79 Å². The summed E-state index contributed by atoms with van der Waals surface area (Å²) in [6, 6.07) is 11.8. The Kier molecular flexibility index (Phi) is 5.62. The molecule has 1 atom stereocenters. The minimum Gasteiger partial charge on any atom is -0.355 e. The van der Waals surface area contributed by atoms with Gasteiger partial charge in [-0.1, -0.05) is 17.7 Å². The smallest absolute Gasteiger partial charge is 0.228 e. The highest BCUT2D eigenvalue weighted by Crippen LogP contribution is 2.35. The number of nitrogens with zero attached hydrogens (tertiary/aromatic N) is 6. The molecule has 2 aliphatic heterocycles. The van der Waals surface area contributed by atoms with Gasteiger partial charge in [0.15, 0.2) is 5.82 Å². The van der Waals surface area contributed by atoms with E-state index in [0.717, 1.165) is 54.8 Å². The molecule has 0 radical (unpaired) electrons. The van der Waals surface area contributed by atoms with Crippen molar-refractivity contribution in [2.75, 3.05) is 29.4 Å². The first-order valence-corrected chi connectivity index (χ1v) is 11.3. The quantitative estimate of drug-likeness (QED) is 0.595. The van der Waals surface area contributed by atoms with Crippen molar-refractivity contribution < 1.29 is 4.79 Å². The molecule has 2 saturated heterocycles. The molecule has 0 spiro atoms. The van der Waals surface area contributed by atoms with Gasteiger partial charge in [-0.2, -0.15) is 5.26 Å². The predicted octanol–water partition coefficient (Wildman–Crippen LogP) is 4.33. The van der Waals surface area contributed by atoms with Crippen LogP contribution in [0, 0.1) is 17.2 Å². The van der Waals surface area contributed by atoms with E-state index >= 15 is 0 Å². The number of benzene rings is 1. The molecule has 2 aromatic heterocycles. The number of hydrogen-bond acceptors (Lipinski definition) is 6. The van der Waals surface area contributed by atoms with Gasteiger partial charge in [0.25, 0.3) is 0 Å². The summed E-state index contributed by atoms with van der Waals surface area (Å²) in [5.74, 6) is 1.68. The molecule has 1 aromatic carbocycles. The molecule has 2 aliphatic rings. The van der Waals surface area contributed by atoms with Crippen molar-refractivity contribution in [1.29, 1.82) is 5.26 Å². The topological polar surface area (TPSA) is 86.0 Å². The zero-order valence-electron chi connectivity index (χ0n) is 17.6. The zero-order chi connectivity index (χ0) is 22.1. The van der Waals surface area contributed by atoms with E-state index in [4.69, 9.17) is 11.6 Å². The number of anilines is 2. The highest BCUT2D eigenvalue weighted by atomic mass is 35.5. The van der Waals surface area contributed by atoms with Crippen LogP contribution in [0.25, 0.3) is 10.9 Å². The van der Waals surface area contributed by atoms with Crippen molar-refractivity contribution in [2.24, 2.45) is 5.92 Å². The molecule has 8 heteroatoms. The highest BCUT2D eigenvalue weighted by molar-refractivity contribution is 6.31. The van der Waals surface area contributed by atoms with Gasteiger partial charge < -0.3 is 4.90 Å². The Hall–Kier alpha value is -3.24. The predicted molar refractivity (Wildman–Crippen MR) is 124 cm³/mol. The third-order valence-corrected chi connectivity index (χ3v) is 6.64. The summed E-state index contributed by atoms with van der Waals surface area (Å²) in [5, 5.41) is 10.8. The summed E-state index contributed by atoms with van der Waals surface area (Å²) in [6.07, 6.45) is 6.24. The molecule has 2 fully saturated rings. The average Bonchev–Trinajstić information content (AvgIpc) is 2.83. The number of carbonyl (C=O) groups is 1. The van der Waals surface area contributed by atoms with Crippen molar-refractivity contribution in [2.45, 2.75) is 31.6 Å². The van der Waals surface area contributed by atoms with Crippen LogP contribution >= 0.6 is 11.6 Å². The van der Waals surface area contributed by atoms with Crippen LogP contribution in [0.1, 0.15) is 37.3 Å². The minimum atomic E-state index is 0.0195. The lowest BCUT2D eigenvalue weighted by Gasteiger charge is -2.34. The number of piperidine rings is 2. The lowest BCUT2D eigenvalue weighted by atomic mass is 9.91. The fourth-order valence-electron chi connectivity index (χ4n) is 4.63. The van der Waals surface area contributed by atoms with Crippen LogP contribution in [0.3, 0.4) is 0 Å². The molecule has 5 rings (SSSR count). The summed E-state index contributed by atoms with van der Waals surface area (Å²) in [7, 11) is 0. The summed E-state index contributed by atoms with van der Waals surface area (Å²) in [6.45, 7) is 2.16. The molecule has 0 N–H and O–H groups in total. The summed E-state index contributed by atoms with van der Waals surface area (Å²) in [5.41, 5.74) is 1.66. The van der Waals surface area contributed by atoms with Crippen molar-refractivity contribution >= 4 is 40.0 Å². The van der Waals surface area contributed by atoms with E-state index in [2.05, 4.69) is 25.9 Å².